The van der Waals surface area contributed by atoms with Gasteiger partial charge in [0.1, 0.15) is 5.82 Å². The van der Waals surface area contributed by atoms with Gasteiger partial charge in [-0.05, 0) is 13.6 Å². The molecule has 0 spiro atoms. The normalized spacial score (nSPS) is 12.1. The SMILES string of the molecule is CCN(C)CCNc1nc(C(C)(C)C)ns1. The van der Waals surface area contributed by atoms with Crippen molar-refractivity contribution in [1.29, 1.82) is 0 Å². The molecule has 0 aliphatic rings. The lowest BCUT2D eigenvalue weighted by Crippen LogP contribution is -2.24. The lowest BCUT2D eigenvalue weighted by Gasteiger charge is -2.13. The summed E-state index contributed by atoms with van der Waals surface area (Å²) in [5.41, 5.74) is 0.0383. The average molecular weight is 242 g/mol. The Bertz CT molecular complexity index is 316. The second-order valence-electron chi connectivity index (χ2n) is 5.00. The Kier molecular flexibility index (Phi) is 4.68. The molecule has 0 atom stereocenters. The molecule has 0 unspecified atom stereocenters. The molecule has 0 radical (unpaired) electrons. The van der Waals surface area contributed by atoms with Crippen LogP contribution in [0, 0.1) is 0 Å². The molecule has 16 heavy (non-hydrogen) atoms. The third-order valence-electron chi connectivity index (χ3n) is 2.41. The summed E-state index contributed by atoms with van der Waals surface area (Å²) in [7, 11) is 2.11. The van der Waals surface area contributed by atoms with E-state index >= 15 is 0 Å². The van der Waals surface area contributed by atoms with Crippen molar-refractivity contribution in [1.82, 2.24) is 14.3 Å². The van der Waals surface area contributed by atoms with Crippen LogP contribution >= 0.6 is 11.5 Å². The summed E-state index contributed by atoms with van der Waals surface area (Å²) in [5.74, 6) is 0.920. The summed E-state index contributed by atoms with van der Waals surface area (Å²) in [4.78, 5) is 6.74. The smallest absolute Gasteiger partial charge is 0.202 e. The van der Waals surface area contributed by atoms with E-state index in [0.717, 1.165) is 30.6 Å². The minimum absolute atomic E-state index is 0.0383. The van der Waals surface area contributed by atoms with Gasteiger partial charge in [-0.3, -0.25) is 0 Å². The van der Waals surface area contributed by atoms with Gasteiger partial charge < -0.3 is 10.2 Å². The van der Waals surface area contributed by atoms with Crippen molar-refractivity contribution in [3.05, 3.63) is 5.82 Å². The monoisotopic (exact) mass is 242 g/mol. The summed E-state index contributed by atoms with van der Waals surface area (Å²) in [6, 6.07) is 0. The molecule has 1 aromatic heterocycles. The minimum atomic E-state index is 0.0383. The van der Waals surface area contributed by atoms with Crippen molar-refractivity contribution in [3.63, 3.8) is 0 Å². The highest BCUT2D eigenvalue weighted by Crippen LogP contribution is 2.22. The quantitative estimate of drug-likeness (QED) is 0.859. The fraction of sp³-hybridized carbons (Fsp3) is 0.818. The molecule has 0 amide bonds. The predicted molar refractivity (Wildman–Crippen MR) is 70.3 cm³/mol. The van der Waals surface area contributed by atoms with Gasteiger partial charge in [-0.1, -0.05) is 27.7 Å². The summed E-state index contributed by atoms with van der Waals surface area (Å²) in [6.45, 7) is 11.6. The van der Waals surface area contributed by atoms with E-state index in [1.165, 1.54) is 11.5 Å². The van der Waals surface area contributed by atoms with E-state index in [1.54, 1.807) is 0 Å². The third kappa shape index (κ3) is 4.06. The van der Waals surface area contributed by atoms with E-state index in [1.807, 2.05) is 0 Å². The number of nitrogens with one attached hydrogen (secondary N) is 1. The summed E-state index contributed by atoms with van der Waals surface area (Å²) >= 11 is 1.44. The first-order chi connectivity index (χ1) is 7.43. The zero-order valence-corrected chi connectivity index (χ0v) is 11.7. The standard InChI is InChI=1S/C11H22N4S/c1-6-15(5)8-7-12-10-13-9(14-16-10)11(2,3)4/h6-8H2,1-5H3,(H,12,13,14). The number of nitrogens with zero attached hydrogens (tertiary/aromatic N) is 3. The molecule has 0 fully saturated rings. The van der Waals surface area contributed by atoms with Crippen LogP contribution in [0.25, 0.3) is 0 Å². The third-order valence-corrected chi connectivity index (χ3v) is 3.08. The highest BCUT2D eigenvalue weighted by molar-refractivity contribution is 7.09. The zero-order valence-electron chi connectivity index (χ0n) is 10.9. The fourth-order valence-electron chi connectivity index (χ4n) is 1.11. The van der Waals surface area contributed by atoms with Crippen molar-refractivity contribution in [2.24, 2.45) is 0 Å². The Labute approximate surface area is 102 Å². The molecule has 0 saturated carbocycles. The molecule has 1 N–H and O–H groups in total. The van der Waals surface area contributed by atoms with Gasteiger partial charge in [0.2, 0.25) is 5.13 Å². The molecule has 4 nitrogen and oxygen atoms in total. The van der Waals surface area contributed by atoms with Gasteiger partial charge in [0.15, 0.2) is 0 Å². The fourth-order valence-corrected chi connectivity index (χ4v) is 1.89. The zero-order chi connectivity index (χ0) is 12.2. The highest BCUT2D eigenvalue weighted by Gasteiger charge is 2.19. The van der Waals surface area contributed by atoms with Gasteiger partial charge in [0, 0.05) is 30.0 Å². The molecule has 5 heteroatoms. The van der Waals surface area contributed by atoms with Crippen LogP contribution < -0.4 is 5.32 Å². The Morgan fingerprint density at radius 3 is 2.56 bits per heavy atom. The van der Waals surface area contributed by atoms with Gasteiger partial charge in [0.05, 0.1) is 0 Å². The molecule has 1 heterocycles. The minimum Gasteiger partial charge on any atom is -0.359 e. The molecular formula is C11H22N4S. The van der Waals surface area contributed by atoms with Crippen molar-refractivity contribution in [3.8, 4) is 0 Å². The Morgan fingerprint density at radius 2 is 2.06 bits per heavy atom. The number of rotatable bonds is 5. The first-order valence-corrected chi connectivity index (χ1v) is 6.47. The Morgan fingerprint density at radius 1 is 1.38 bits per heavy atom. The molecule has 92 valence electrons. The van der Waals surface area contributed by atoms with Crippen LogP contribution in [0.1, 0.15) is 33.5 Å². The van der Waals surface area contributed by atoms with Gasteiger partial charge in [-0.25, -0.2) is 4.98 Å². The number of anilines is 1. The van der Waals surface area contributed by atoms with Crippen LogP contribution in [0.3, 0.4) is 0 Å². The largest absolute Gasteiger partial charge is 0.359 e. The Hall–Kier alpha value is -0.680. The molecule has 0 saturated heterocycles. The summed E-state index contributed by atoms with van der Waals surface area (Å²) < 4.78 is 4.36. The van der Waals surface area contributed by atoms with E-state index in [2.05, 4.69) is 54.3 Å². The van der Waals surface area contributed by atoms with Crippen molar-refractivity contribution >= 4 is 16.7 Å². The van der Waals surface area contributed by atoms with Crippen LogP contribution in [-0.2, 0) is 5.41 Å². The molecule has 0 aliphatic heterocycles. The number of hydrogen-bond acceptors (Lipinski definition) is 5. The first kappa shape index (κ1) is 13.4. The molecule has 1 aromatic rings. The number of likely N-dealkylation sites (N-methyl/N-ethyl adjacent to an activating group) is 1. The first-order valence-electron chi connectivity index (χ1n) is 5.70. The molecule has 0 aliphatic carbocycles. The maximum absolute atomic E-state index is 4.48. The van der Waals surface area contributed by atoms with Gasteiger partial charge in [0.25, 0.3) is 0 Å². The second-order valence-corrected chi connectivity index (χ2v) is 5.75. The molecule has 1 rings (SSSR count). The average Bonchev–Trinajstić information content (AvgIpc) is 2.65. The number of hydrogen-bond donors (Lipinski definition) is 1. The lowest BCUT2D eigenvalue weighted by atomic mass is 9.96. The lowest BCUT2D eigenvalue weighted by molar-refractivity contribution is 0.367. The molecule has 0 bridgehead atoms. The van der Waals surface area contributed by atoms with E-state index in [-0.39, 0.29) is 5.41 Å². The highest BCUT2D eigenvalue weighted by atomic mass is 32.1. The molecular weight excluding hydrogens is 220 g/mol. The van der Waals surface area contributed by atoms with Crippen LogP contribution in [0.2, 0.25) is 0 Å². The number of aromatic nitrogens is 2. The van der Waals surface area contributed by atoms with Gasteiger partial charge in [-0.15, -0.1) is 0 Å². The van der Waals surface area contributed by atoms with Crippen LogP contribution in [-0.4, -0.2) is 40.9 Å². The van der Waals surface area contributed by atoms with E-state index < -0.39 is 0 Å². The van der Waals surface area contributed by atoms with Crippen LogP contribution in [0.15, 0.2) is 0 Å². The van der Waals surface area contributed by atoms with E-state index in [9.17, 15) is 0 Å². The van der Waals surface area contributed by atoms with Crippen molar-refractivity contribution in [2.75, 3.05) is 32.0 Å². The Balaban J connectivity index is 2.41. The maximum atomic E-state index is 4.48. The van der Waals surface area contributed by atoms with Crippen LogP contribution in [0.4, 0.5) is 5.13 Å². The van der Waals surface area contributed by atoms with Gasteiger partial charge in [-0.2, -0.15) is 4.37 Å². The van der Waals surface area contributed by atoms with Gasteiger partial charge >= 0.3 is 0 Å². The summed E-state index contributed by atoms with van der Waals surface area (Å²) in [6.07, 6.45) is 0. The molecule has 0 aromatic carbocycles. The van der Waals surface area contributed by atoms with Crippen LogP contribution in [0.5, 0.6) is 0 Å². The predicted octanol–water partition coefficient (Wildman–Crippen LogP) is 2.20. The second kappa shape index (κ2) is 5.59. The van der Waals surface area contributed by atoms with Crippen molar-refractivity contribution in [2.45, 2.75) is 33.1 Å². The van der Waals surface area contributed by atoms with E-state index in [4.69, 9.17) is 0 Å². The van der Waals surface area contributed by atoms with Crippen molar-refractivity contribution < 1.29 is 0 Å². The topological polar surface area (TPSA) is 41.0 Å². The van der Waals surface area contributed by atoms with E-state index in [0.29, 0.717) is 0 Å². The maximum Gasteiger partial charge on any atom is 0.202 e. The summed E-state index contributed by atoms with van der Waals surface area (Å²) in [5, 5.41) is 4.23.